The lowest BCUT2D eigenvalue weighted by Crippen LogP contribution is -2.08. The van der Waals surface area contributed by atoms with Crippen LogP contribution in [0.1, 0.15) is 19.4 Å². The van der Waals surface area contributed by atoms with E-state index in [2.05, 4.69) is 15.4 Å². The average molecular weight is 362 g/mol. The van der Waals surface area contributed by atoms with Crippen LogP contribution < -0.4 is 10.1 Å². The summed E-state index contributed by atoms with van der Waals surface area (Å²) in [5.41, 5.74) is 1.09. The Morgan fingerprint density at radius 1 is 1.04 bits per heavy atom. The van der Waals surface area contributed by atoms with Crippen molar-refractivity contribution < 1.29 is 17.9 Å². The van der Waals surface area contributed by atoms with Crippen LogP contribution in [0.5, 0.6) is 5.75 Å². The van der Waals surface area contributed by atoms with Gasteiger partial charge in [-0.1, -0.05) is 0 Å². The van der Waals surface area contributed by atoms with Gasteiger partial charge in [0.05, 0.1) is 17.5 Å². The van der Waals surface area contributed by atoms with Gasteiger partial charge in [0.25, 0.3) is 0 Å². The Morgan fingerprint density at radius 3 is 2.38 bits per heavy atom. The van der Waals surface area contributed by atoms with Gasteiger partial charge in [-0.05, 0) is 50.6 Å². The zero-order valence-corrected chi connectivity index (χ0v) is 14.4. The van der Waals surface area contributed by atoms with Gasteiger partial charge in [-0.25, -0.2) is 17.9 Å². The van der Waals surface area contributed by atoms with E-state index < -0.39 is 17.5 Å². The topological polar surface area (TPSA) is 52.0 Å². The van der Waals surface area contributed by atoms with Crippen molar-refractivity contribution in [2.75, 3.05) is 5.32 Å². The smallest absolute Gasteiger partial charge is 0.247 e. The summed E-state index contributed by atoms with van der Waals surface area (Å²) in [7, 11) is 0. The van der Waals surface area contributed by atoms with E-state index in [0.29, 0.717) is 0 Å². The number of nitrogens with zero attached hydrogens (tertiary/aromatic N) is 3. The number of anilines is 2. The molecule has 0 unspecified atom stereocenters. The fraction of sp³-hybridized carbons (Fsp3) is 0.222. The van der Waals surface area contributed by atoms with Gasteiger partial charge < -0.3 is 10.1 Å². The molecular formula is C18H17F3N4O. The molecule has 0 aliphatic carbocycles. The molecule has 136 valence electrons. The summed E-state index contributed by atoms with van der Waals surface area (Å²) in [5.74, 6) is -1.84. The molecule has 0 fully saturated rings. The van der Waals surface area contributed by atoms with Crippen molar-refractivity contribution in [3.8, 4) is 11.4 Å². The third-order valence-electron chi connectivity index (χ3n) is 3.40. The van der Waals surface area contributed by atoms with E-state index >= 15 is 0 Å². The molecule has 8 heteroatoms. The molecule has 1 N–H and O–H groups in total. The number of aromatic nitrogens is 3. The second-order valence-corrected chi connectivity index (χ2v) is 6.06. The van der Waals surface area contributed by atoms with Crippen LogP contribution in [-0.4, -0.2) is 20.9 Å². The number of nitrogens with one attached hydrogen (secondary N) is 1. The first kappa shape index (κ1) is 17.8. The van der Waals surface area contributed by atoms with E-state index in [1.807, 2.05) is 0 Å². The van der Waals surface area contributed by atoms with Crippen molar-refractivity contribution in [3.05, 3.63) is 59.7 Å². The minimum atomic E-state index is -0.731. The van der Waals surface area contributed by atoms with E-state index in [9.17, 15) is 13.2 Å². The van der Waals surface area contributed by atoms with E-state index in [-0.39, 0.29) is 29.2 Å². The van der Waals surface area contributed by atoms with Gasteiger partial charge in [-0.3, -0.25) is 0 Å². The molecule has 5 nitrogen and oxygen atoms in total. The van der Waals surface area contributed by atoms with Gasteiger partial charge in [0.1, 0.15) is 18.0 Å². The lowest BCUT2D eigenvalue weighted by molar-refractivity contribution is 0.231. The molecule has 0 atom stereocenters. The van der Waals surface area contributed by atoms with Crippen molar-refractivity contribution in [2.24, 2.45) is 0 Å². The molecule has 3 rings (SSSR count). The minimum absolute atomic E-state index is 0.0784. The highest BCUT2D eigenvalue weighted by atomic mass is 19.1. The quantitative estimate of drug-likeness (QED) is 0.725. The molecule has 0 aliphatic heterocycles. The molecule has 1 heterocycles. The molecule has 0 saturated heterocycles. The molecule has 26 heavy (non-hydrogen) atoms. The van der Waals surface area contributed by atoms with E-state index in [4.69, 9.17) is 4.74 Å². The van der Waals surface area contributed by atoms with Crippen LogP contribution in [0.4, 0.5) is 24.8 Å². The van der Waals surface area contributed by atoms with E-state index in [1.165, 1.54) is 11.0 Å². The van der Waals surface area contributed by atoms with Gasteiger partial charge in [-0.15, -0.1) is 5.10 Å². The maximum atomic E-state index is 14.6. The highest BCUT2D eigenvalue weighted by Crippen LogP contribution is 2.29. The third-order valence-corrected chi connectivity index (χ3v) is 3.40. The summed E-state index contributed by atoms with van der Waals surface area (Å²) in [5, 5.41) is 6.83. The van der Waals surface area contributed by atoms with E-state index in [0.717, 1.165) is 23.8 Å². The van der Waals surface area contributed by atoms with Gasteiger partial charge in [0, 0.05) is 6.07 Å². The number of aryl methyl sites for hydroxylation is 1. The average Bonchev–Trinajstić information content (AvgIpc) is 2.99. The number of ether oxygens (including phenoxy) is 1. The number of benzene rings is 2. The molecular weight excluding hydrogens is 345 g/mol. The standard InChI is InChI=1S/C18H17F3N4O/c1-10(2)26-16-5-11(3)4-15(17(16)21)23-18-22-9-25(24-18)14-7-12(19)6-13(20)8-14/h4-10H,1-3H3,(H,23,24). The predicted molar refractivity (Wildman–Crippen MR) is 91.5 cm³/mol. The first-order chi connectivity index (χ1) is 12.3. The number of halogens is 3. The summed E-state index contributed by atoms with van der Waals surface area (Å²) >= 11 is 0. The summed E-state index contributed by atoms with van der Waals surface area (Å²) in [6, 6.07) is 6.18. The summed E-state index contributed by atoms with van der Waals surface area (Å²) in [4.78, 5) is 4.00. The minimum Gasteiger partial charge on any atom is -0.488 e. The molecule has 0 spiro atoms. The SMILES string of the molecule is Cc1cc(Nc2ncn(-c3cc(F)cc(F)c3)n2)c(F)c(OC(C)C)c1. The van der Waals surface area contributed by atoms with Crippen molar-refractivity contribution >= 4 is 11.6 Å². The Morgan fingerprint density at radius 2 is 1.73 bits per heavy atom. The van der Waals surface area contributed by atoms with Crippen LogP contribution >= 0.6 is 0 Å². The molecule has 0 saturated carbocycles. The summed E-state index contributed by atoms with van der Waals surface area (Å²) in [6.07, 6.45) is 1.09. The molecule has 0 radical (unpaired) electrons. The monoisotopic (exact) mass is 362 g/mol. The van der Waals surface area contributed by atoms with Crippen molar-refractivity contribution in [1.82, 2.24) is 14.8 Å². The molecule has 2 aromatic carbocycles. The van der Waals surface area contributed by atoms with Crippen LogP contribution in [0.3, 0.4) is 0 Å². The number of hydrogen-bond donors (Lipinski definition) is 1. The molecule has 0 aliphatic rings. The first-order valence-corrected chi connectivity index (χ1v) is 7.94. The van der Waals surface area contributed by atoms with Gasteiger partial charge in [0.15, 0.2) is 11.6 Å². The van der Waals surface area contributed by atoms with Crippen LogP contribution in [0.25, 0.3) is 5.69 Å². The fourth-order valence-electron chi connectivity index (χ4n) is 2.40. The van der Waals surface area contributed by atoms with Crippen LogP contribution in [0.2, 0.25) is 0 Å². The number of hydrogen-bond acceptors (Lipinski definition) is 4. The Balaban J connectivity index is 1.88. The highest BCUT2D eigenvalue weighted by molar-refractivity contribution is 5.59. The molecule has 3 aromatic rings. The van der Waals surface area contributed by atoms with E-state index in [1.54, 1.807) is 32.9 Å². The Kier molecular flexibility index (Phi) is 4.83. The largest absolute Gasteiger partial charge is 0.488 e. The van der Waals surface area contributed by atoms with Gasteiger partial charge in [0.2, 0.25) is 5.95 Å². The fourth-order valence-corrected chi connectivity index (χ4v) is 2.40. The maximum Gasteiger partial charge on any atom is 0.247 e. The highest BCUT2D eigenvalue weighted by Gasteiger charge is 2.14. The summed E-state index contributed by atoms with van der Waals surface area (Å²) in [6.45, 7) is 5.41. The number of rotatable bonds is 5. The van der Waals surface area contributed by atoms with Crippen LogP contribution in [-0.2, 0) is 0 Å². The van der Waals surface area contributed by atoms with Gasteiger partial charge in [-0.2, -0.15) is 4.98 Å². The molecule has 0 amide bonds. The molecule has 0 bridgehead atoms. The maximum absolute atomic E-state index is 14.6. The Hall–Kier alpha value is -3.03. The third kappa shape index (κ3) is 3.96. The predicted octanol–water partition coefficient (Wildman–Crippen LogP) is 4.52. The van der Waals surface area contributed by atoms with Crippen LogP contribution in [0.15, 0.2) is 36.7 Å². The second-order valence-electron chi connectivity index (χ2n) is 6.06. The second kappa shape index (κ2) is 7.07. The Labute approximate surface area is 148 Å². The van der Waals surface area contributed by atoms with Crippen molar-refractivity contribution in [3.63, 3.8) is 0 Å². The zero-order chi connectivity index (χ0) is 18.8. The lowest BCUT2D eigenvalue weighted by atomic mass is 10.2. The zero-order valence-electron chi connectivity index (χ0n) is 14.4. The van der Waals surface area contributed by atoms with Crippen molar-refractivity contribution in [2.45, 2.75) is 26.9 Å². The Bertz CT molecular complexity index is 920. The lowest BCUT2D eigenvalue weighted by Gasteiger charge is -2.14. The van der Waals surface area contributed by atoms with Gasteiger partial charge >= 0.3 is 0 Å². The normalized spacial score (nSPS) is 11.0. The van der Waals surface area contributed by atoms with Crippen molar-refractivity contribution in [1.29, 1.82) is 0 Å². The first-order valence-electron chi connectivity index (χ1n) is 7.94. The summed E-state index contributed by atoms with van der Waals surface area (Å²) < 4.78 is 47.9. The van der Waals surface area contributed by atoms with Crippen LogP contribution in [0, 0.1) is 24.4 Å². The molecule has 1 aromatic heterocycles.